The monoisotopic (exact) mass is 265 g/mol. The van der Waals surface area contributed by atoms with E-state index in [1.807, 2.05) is 0 Å². The van der Waals surface area contributed by atoms with E-state index >= 15 is 0 Å². The normalized spacial score (nSPS) is 24.7. The zero-order valence-electron chi connectivity index (χ0n) is 11.1. The average Bonchev–Trinajstić information content (AvgIpc) is 2.58. The highest BCUT2D eigenvalue weighted by Crippen LogP contribution is 2.35. The summed E-state index contributed by atoms with van der Waals surface area (Å²) in [4.78, 5) is 13.2. The van der Waals surface area contributed by atoms with Crippen LogP contribution in [0.25, 0.3) is 0 Å². The lowest BCUT2D eigenvalue weighted by Gasteiger charge is -2.37. The fraction of sp³-hybridized carbons (Fsp3) is 0.917. The van der Waals surface area contributed by atoms with E-state index in [9.17, 15) is 18.7 Å². The Balaban J connectivity index is 2.82. The van der Waals surface area contributed by atoms with Gasteiger partial charge in [0.25, 0.3) is 0 Å². The second kappa shape index (κ2) is 5.38. The van der Waals surface area contributed by atoms with Gasteiger partial charge in [0, 0.05) is 13.0 Å². The average molecular weight is 265 g/mol. The molecule has 0 aromatic heterocycles. The van der Waals surface area contributed by atoms with Crippen molar-refractivity contribution < 1.29 is 23.4 Å². The van der Waals surface area contributed by atoms with Crippen LogP contribution in [0.3, 0.4) is 0 Å². The van der Waals surface area contributed by atoms with Crippen molar-refractivity contribution in [1.29, 1.82) is 0 Å². The number of nitrogens with zero attached hydrogens (tertiary/aromatic N) is 1. The molecule has 0 saturated carbocycles. The van der Waals surface area contributed by atoms with E-state index < -0.39 is 36.7 Å². The van der Waals surface area contributed by atoms with Crippen molar-refractivity contribution in [2.75, 3.05) is 13.2 Å². The van der Waals surface area contributed by atoms with Gasteiger partial charge in [-0.2, -0.15) is 0 Å². The molecule has 0 bridgehead atoms. The summed E-state index contributed by atoms with van der Waals surface area (Å²) >= 11 is 0. The molecule has 106 valence electrons. The summed E-state index contributed by atoms with van der Waals surface area (Å²) in [5, 5.41) is 9.40. The molecule has 1 atom stereocenters. The first-order valence-corrected chi connectivity index (χ1v) is 6.10. The van der Waals surface area contributed by atoms with Crippen LogP contribution in [0.1, 0.15) is 40.0 Å². The third kappa shape index (κ3) is 3.54. The predicted molar refractivity (Wildman–Crippen MR) is 62.6 cm³/mol. The standard InChI is InChI=1S/C12H21F2NO3/c1-11(2,3)18-10(17)15-6-4-5-12(15,8-16)7-9(13)14/h9,16H,4-8H2,1-3H3. The van der Waals surface area contributed by atoms with Crippen LogP contribution in [0.4, 0.5) is 13.6 Å². The second-order valence-electron chi connectivity index (χ2n) is 5.71. The molecule has 1 N–H and O–H groups in total. The summed E-state index contributed by atoms with van der Waals surface area (Å²) < 4.78 is 30.4. The van der Waals surface area contributed by atoms with Crippen LogP contribution in [0.2, 0.25) is 0 Å². The lowest BCUT2D eigenvalue weighted by atomic mass is 9.93. The number of aliphatic hydroxyl groups is 1. The first-order chi connectivity index (χ1) is 8.20. The lowest BCUT2D eigenvalue weighted by molar-refractivity contribution is -0.0243. The maximum atomic E-state index is 12.6. The van der Waals surface area contributed by atoms with Gasteiger partial charge in [0.15, 0.2) is 0 Å². The smallest absolute Gasteiger partial charge is 0.410 e. The Bertz CT molecular complexity index is 304. The number of hydrogen-bond donors (Lipinski definition) is 1. The molecule has 1 amide bonds. The van der Waals surface area contributed by atoms with E-state index in [0.717, 1.165) is 0 Å². The number of amides is 1. The van der Waals surface area contributed by atoms with Crippen LogP contribution in [-0.4, -0.2) is 46.8 Å². The Morgan fingerprint density at radius 1 is 1.50 bits per heavy atom. The molecule has 0 aromatic rings. The topological polar surface area (TPSA) is 49.8 Å². The summed E-state index contributed by atoms with van der Waals surface area (Å²) in [5.74, 6) is 0. The Hall–Kier alpha value is -0.910. The number of aliphatic hydroxyl groups excluding tert-OH is 1. The molecular formula is C12H21F2NO3. The van der Waals surface area contributed by atoms with E-state index in [1.165, 1.54) is 4.90 Å². The minimum atomic E-state index is -2.56. The van der Waals surface area contributed by atoms with Gasteiger partial charge < -0.3 is 9.84 Å². The zero-order chi connectivity index (χ0) is 14.0. The van der Waals surface area contributed by atoms with Crippen LogP contribution in [0.5, 0.6) is 0 Å². The zero-order valence-corrected chi connectivity index (χ0v) is 11.1. The first kappa shape index (κ1) is 15.1. The highest BCUT2D eigenvalue weighted by molar-refractivity contribution is 5.69. The van der Waals surface area contributed by atoms with Crippen LogP contribution in [0.15, 0.2) is 0 Å². The van der Waals surface area contributed by atoms with Crippen molar-refractivity contribution in [2.45, 2.75) is 57.6 Å². The molecule has 6 heteroatoms. The van der Waals surface area contributed by atoms with Gasteiger partial charge in [-0.05, 0) is 33.6 Å². The SMILES string of the molecule is CC(C)(C)OC(=O)N1CCCC1(CO)CC(F)F. The fourth-order valence-electron chi connectivity index (χ4n) is 2.27. The van der Waals surface area contributed by atoms with Gasteiger partial charge in [0.05, 0.1) is 12.1 Å². The third-order valence-corrected chi connectivity index (χ3v) is 3.04. The fourth-order valence-corrected chi connectivity index (χ4v) is 2.27. The molecule has 1 aliphatic rings. The number of rotatable bonds is 3. The quantitative estimate of drug-likeness (QED) is 0.852. The van der Waals surface area contributed by atoms with Gasteiger partial charge in [0.1, 0.15) is 5.60 Å². The Labute approximate surface area is 106 Å². The highest BCUT2D eigenvalue weighted by atomic mass is 19.3. The minimum Gasteiger partial charge on any atom is -0.444 e. The molecule has 4 nitrogen and oxygen atoms in total. The van der Waals surface area contributed by atoms with Crippen molar-refractivity contribution >= 4 is 6.09 Å². The maximum Gasteiger partial charge on any atom is 0.410 e. The lowest BCUT2D eigenvalue weighted by Crippen LogP contribution is -2.52. The number of alkyl halides is 2. The predicted octanol–water partition coefficient (Wildman–Crippen LogP) is 2.40. The molecule has 1 aliphatic heterocycles. The molecule has 1 unspecified atom stereocenters. The van der Waals surface area contributed by atoms with E-state index in [2.05, 4.69) is 0 Å². The van der Waals surface area contributed by atoms with Gasteiger partial charge in [0.2, 0.25) is 6.43 Å². The van der Waals surface area contributed by atoms with Crippen molar-refractivity contribution in [1.82, 2.24) is 4.90 Å². The largest absolute Gasteiger partial charge is 0.444 e. The van der Waals surface area contributed by atoms with Gasteiger partial charge in [-0.3, -0.25) is 4.90 Å². The van der Waals surface area contributed by atoms with Crippen LogP contribution < -0.4 is 0 Å². The Kier molecular flexibility index (Phi) is 4.53. The molecular weight excluding hydrogens is 244 g/mol. The number of ether oxygens (including phenoxy) is 1. The number of likely N-dealkylation sites (tertiary alicyclic amines) is 1. The molecule has 1 fully saturated rings. The summed E-state index contributed by atoms with van der Waals surface area (Å²) in [6.07, 6.45) is -2.71. The third-order valence-electron chi connectivity index (χ3n) is 3.04. The highest BCUT2D eigenvalue weighted by Gasteiger charge is 2.46. The van der Waals surface area contributed by atoms with E-state index in [0.29, 0.717) is 19.4 Å². The van der Waals surface area contributed by atoms with Crippen LogP contribution >= 0.6 is 0 Å². The molecule has 18 heavy (non-hydrogen) atoms. The van der Waals surface area contributed by atoms with Crippen molar-refractivity contribution in [2.24, 2.45) is 0 Å². The molecule has 1 rings (SSSR count). The van der Waals surface area contributed by atoms with Crippen molar-refractivity contribution in [3.05, 3.63) is 0 Å². The summed E-state index contributed by atoms with van der Waals surface area (Å²) in [5.41, 5.74) is -1.85. The molecule has 0 spiro atoms. The number of carbonyl (C=O) groups excluding carboxylic acids is 1. The molecule has 0 radical (unpaired) electrons. The minimum absolute atomic E-state index is 0.349. The molecule has 0 aromatic carbocycles. The van der Waals surface area contributed by atoms with Crippen molar-refractivity contribution in [3.8, 4) is 0 Å². The van der Waals surface area contributed by atoms with E-state index in [-0.39, 0.29) is 0 Å². The Morgan fingerprint density at radius 3 is 2.56 bits per heavy atom. The van der Waals surface area contributed by atoms with Gasteiger partial charge in [-0.25, -0.2) is 13.6 Å². The molecule has 1 heterocycles. The maximum absolute atomic E-state index is 12.6. The molecule has 1 saturated heterocycles. The van der Waals surface area contributed by atoms with E-state index in [1.54, 1.807) is 20.8 Å². The number of carbonyl (C=O) groups is 1. The van der Waals surface area contributed by atoms with Gasteiger partial charge in [-0.1, -0.05) is 0 Å². The van der Waals surface area contributed by atoms with E-state index in [4.69, 9.17) is 4.74 Å². The van der Waals surface area contributed by atoms with Gasteiger partial charge in [-0.15, -0.1) is 0 Å². The summed E-state index contributed by atoms with van der Waals surface area (Å²) in [6.45, 7) is 5.04. The Morgan fingerprint density at radius 2 is 2.11 bits per heavy atom. The van der Waals surface area contributed by atoms with Crippen LogP contribution in [0, 0.1) is 0 Å². The summed E-state index contributed by atoms with van der Waals surface area (Å²) in [7, 11) is 0. The first-order valence-electron chi connectivity index (χ1n) is 6.10. The van der Waals surface area contributed by atoms with Gasteiger partial charge >= 0.3 is 6.09 Å². The second-order valence-corrected chi connectivity index (χ2v) is 5.71. The molecule has 0 aliphatic carbocycles. The number of halogens is 2. The number of hydrogen-bond acceptors (Lipinski definition) is 3. The van der Waals surface area contributed by atoms with Crippen LogP contribution in [-0.2, 0) is 4.74 Å². The van der Waals surface area contributed by atoms with Crippen molar-refractivity contribution in [3.63, 3.8) is 0 Å². The summed E-state index contributed by atoms with van der Waals surface area (Å²) in [6, 6.07) is 0.